The van der Waals surface area contributed by atoms with E-state index in [0.717, 1.165) is 11.1 Å². The van der Waals surface area contributed by atoms with Gasteiger partial charge in [0.05, 0.1) is 21.9 Å². The summed E-state index contributed by atoms with van der Waals surface area (Å²) in [6.07, 6.45) is 1.61. The Hall–Kier alpha value is -1.42. The van der Waals surface area contributed by atoms with E-state index < -0.39 is 0 Å². The first-order valence-electron chi connectivity index (χ1n) is 3.46. The number of hydrazone groups is 1. The smallest absolute Gasteiger partial charge is 0.0818 e. The Bertz CT molecular complexity index is 419. The van der Waals surface area contributed by atoms with E-state index in [2.05, 4.69) is 10.1 Å². The van der Waals surface area contributed by atoms with Crippen LogP contribution in [0.15, 0.2) is 28.8 Å². The van der Waals surface area contributed by atoms with Crippen LogP contribution in [0.5, 0.6) is 0 Å². The van der Waals surface area contributed by atoms with Crippen LogP contribution < -0.4 is 5.84 Å². The standard InChI is InChI=1S/C8H7N3S/c9-11-4-6-1-2-8-7(3-6)10-5-12-8/h1-5H,9H2. The van der Waals surface area contributed by atoms with Crippen LogP contribution in [0.3, 0.4) is 0 Å². The molecule has 4 heteroatoms. The topological polar surface area (TPSA) is 51.3 Å². The first-order valence-corrected chi connectivity index (χ1v) is 4.34. The van der Waals surface area contributed by atoms with Crippen molar-refractivity contribution in [2.24, 2.45) is 10.9 Å². The summed E-state index contributed by atoms with van der Waals surface area (Å²) in [6, 6.07) is 5.95. The zero-order chi connectivity index (χ0) is 8.39. The third kappa shape index (κ3) is 1.16. The zero-order valence-corrected chi connectivity index (χ0v) is 7.08. The van der Waals surface area contributed by atoms with Gasteiger partial charge in [-0.2, -0.15) is 5.10 Å². The molecule has 0 aliphatic rings. The molecule has 0 atom stereocenters. The molecular formula is C8H7N3S. The number of fused-ring (bicyclic) bond motifs is 1. The molecule has 0 aliphatic heterocycles. The average Bonchev–Trinajstić information content (AvgIpc) is 2.51. The van der Waals surface area contributed by atoms with Gasteiger partial charge in [0.1, 0.15) is 0 Å². The molecule has 0 bridgehead atoms. The van der Waals surface area contributed by atoms with Gasteiger partial charge in [-0.15, -0.1) is 11.3 Å². The fourth-order valence-corrected chi connectivity index (χ4v) is 1.70. The summed E-state index contributed by atoms with van der Waals surface area (Å²) in [5.41, 5.74) is 3.81. The van der Waals surface area contributed by atoms with Gasteiger partial charge in [0.2, 0.25) is 0 Å². The van der Waals surface area contributed by atoms with Crippen LogP contribution in [-0.2, 0) is 0 Å². The van der Waals surface area contributed by atoms with E-state index in [0.29, 0.717) is 0 Å². The van der Waals surface area contributed by atoms with Crippen LogP contribution in [0.4, 0.5) is 0 Å². The maximum absolute atomic E-state index is 5.03. The first-order chi connectivity index (χ1) is 5.90. The third-order valence-electron chi connectivity index (χ3n) is 1.58. The SMILES string of the molecule is NN=Cc1ccc2scnc2c1. The fourth-order valence-electron chi connectivity index (χ4n) is 1.04. The molecule has 2 aromatic rings. The van der Waals surface area contributed by atoms with Crippen molar-refractivity contribution in [3.63, 3.8) is 0 Å². The van der Waals surface area contributed by atoms with Crippen LogP contribution >= 0.6 is 11.3 Å². The summed E-state index contributed by atoms with van der Waals surface area (Å²) in [7, 11) is 0. The molecule has 0 aliphatic carbocycles. The second-order valence-electron chi connectivity index (χ2n) is 2.36. The van der Waals surface area contributed by atoms with Crippen molar-refractivity contribution < 1.29 is 0 Å². The van der Waals surface area contributed by atoms with Gasteiger partial charge in [-0.05, 0) is 17.7 Å². The van der Waals surface area contributed by atoms with Gasteiger partial charge in [-0.3, -0.25) is 0 Å². The molecular weight excluding hydrogens is 170 g/mol. The van der Waals surface area contributed by atoms with Crippen LogP contribution in [0, 0.1) is 0 Å². The maximum Gasteiger partial charge on any atom is 0.0818 e. The predicted molar refractivity (Wildman–Crippen MR) is 51.4 cm³/mol. The number of nitrogens with zero attached hydrogens (tertiary/aromatic N) is 2. The van der Waals surface area contributed by atoms with Crippen molar-refractivity contribution in [1.82, 2.24) is 4.98 Å². The Morgan fingerprint density at radius 2 is 2.42 bits per heavy atom. The van der Waals surface area contributed by atoms with Crippen molar-refractivity contribution in [1.29, 1.82) is 0 Å². The van der Waals surface area contributed by atoms with E-state index in [4.69, 9.17) is 5.84 Å². The molecule has 60 valence electrons. The summed E-state index contributed by atoms with van der Waals surface area (Å²) >= 11 is 1.63. The van der Waals surface area contributed by atoms with E-state index in [1.54, 1.807) is 17.6 Å². The largest absolute Gasteiger partial charge is 0.323 e. The van der Waals surface area contributed by atoms with Crippen LogP contribution in [0.2, 0.25) is 0 Å². The number of hydrogen-bond acceptors (Lipinski definition) is 4. The van der Waals surface area contributed by atoms with Crippen molar-refractivity contribution in [3.05, 3.63) is 29.3 Å². The van der Waals surface area contributed by atoms with Gasteiger partial charge in [0.15, 0.2) is 0 Å². The van der Waals surface area contributed by atoms with Gasteiger partial charge in [-0.25, -0.2) is 4.98 Å². The average molecular weight is 177 g/mol. The molecule has 0 unspecified atom stereocenters. The molecule has 2 rings (SSSR count). The van der Waals surface area contributed by atoms with Gasteiger partial charge in [-0.1, -0.05) is 6.07 Å². The normalized spacial score (nSPS) is 11.3. The van der Waals surface area contributed by atoms with Gasteiger partial charge in [0.25, 0.3) is 0 Å². The Morgan fingerprint density at radius 3 is 3.25 bits per heavy atom. The highest BCUT2D eigenvalue weighted by atomic mass is 32.1. The highest BCUT2D eigenvalue weighted by molar-refractivity contribution is 7.16. The van der Waals surface area contributed by atoms with Gasteiger partial charge >= 0.3 is 0 Å². The monoisotopic (exact) mass is 177 g/mol. The van der Waals surface area contributed by atoms with Crippen LogP contribution in [0.25, 0.3) is 10.2 Å². The van der Waals surface area contributed by atoms with Crippen LogP contribution in [-0.4, -0.2) is 11.2 Å². The second kappa shape index (κ2) is 2.91. The number of aromatic nitrogens is 1. The minimum atomic E-state index is 0.982. The first kappa shape index (κ1) is 7.24. The Balaban J connectivity index is 2.60. The van der Waals surface area contributed by atoms with Crippen molar-refractivity contribution in [3.8, 4) is 0 Å². The molecule has 0 fully saturated rings. The van der Waals surface area contributed by atoms with E-state index in [-0.39, 0.29) is 0 Å². The van der Waals surface area contributed by atoms with Crippen molar-refractivity contribution in [2.75, 3.05) is 0 Å². The minimum Gasteiger partial charge on any atom is -0.323 e. The Morgan fingerprint density at radius 1 is 1.50 bits per heavy atom. The lowest BCUT2D eigenvalue weighted by Gasteiger charge is -1.90. The van der Waals surface area contributed by atoms with Crippen LogP contribution in [0.1, 0.15) is 5.56 Å². The predicted octanol–water partition coefficient (Wildman–Crippen LogP) is 1.59. The molecule has 0 spiro atoms. The lowest BCUT2D eigenvalue weighted by Crippen LogP contribution is -1.85. The molecule has 0 radical (unpaired) electrons. The van der Waals surface area contributed by atoms with E-state index >= 15 is 0 Å². The summed E-state index contributed by atoms with van der Waals surface area (Å²) < 4.78 is 1.18. The van der Waals surface area contributed by atoms with E-state index in [1.807, 2.05) is 23.7 Å². The molecule has 0 saturated carbocycles. The molecule has 3 nitrogen and oxygen atoms in total. The Labute approximate surface area is 73.5 Å². The molecule has 1 aromatic carbocycles. The lowest BCUT2D eigenvalue weighted by molar-refractivity contribution is 1.26. The second-order valence-corrected chi connectivity index (χ2v) is 3.24. The van der Waals surface area contributed by atoms with E-state index in [1.165, 1.54) is 4.70 Å². The molecule has 1 aromatic heterocycles. The number of nitrogens with two attached hydrogens (primary N) is 1. The quantitative estimate of drug-likeness (QED) is 0.408. The lowest BCUT2D eigenvalue weighted by atomic mass is 10.2. The summed E-state index contributed by atoms with van der Waals surface area (Å²) in [4.78, 5) is 4.18. The van der Waals surface area contributed by atoms with Crippen molar-refractivity contribution in [2.45, 2.75) is 0 Å². The summed E-state index contributed by atoms with van der Waals surface area (Å²) in [6.45, 7) is 0. The highest BCUT2D eigenvalue weighted by Crippen LogP contribution is 2.17. The molecule has 1 heterocycles. The number of thiazole rings is 1. The minimum absolute atomic E-state index is 0.982. The molecule has 2 N–H and O–H groups in total. The summed E-state index contributed by atoms with van der Waals surface area (Å²) in [5, 5.41) is 3.45. The maximum atomic E-state index is 5.03. The third-order valence-corrected chi connectivity index (χ3v) is 2.39. The summed E-state index contributed by atoms with van der Waals surface area (Å²) in [5.74, 6) is 5.03. The molecule has 12 heavy (non-hydrogen) atoms. The molecule has 0 saturated heterocycles. The van der Waals surface area contributed by atoms with Gasteiger partial charge in [0, 0.05) is 0 Å². The number of benzene rings is 1. The van der Waals surface area contributed by atoms with E-state index in [9.17, 15) is 0 Å². The number of hydrogen-bond donors (Lipinski definition) is 1. The number of rotatable bonds is 1. The van der Waals surface area contributed by atoms with Crippen molar-refractivity contribution >= 4 is 27.8 Å². The highest BCUT2D eigenvalue weighted by Gasteiger charge is 1.95. The zero-order valence-electron chi connectivity index (χ0n) is 6.27. The van der Waals surface area contributed by atoms with Gasteiger partial charge < -0.3 is 5.84 Å². The Kier molecular flexibility index (Phi) is 1.75. The molecule has 0 amide bonds. The fraction of sp³-hybridized carbons (Fsp3) is 0.